The lowest BCUT2D eigenvalue weighted by Gasteiger charge is -2.14. The maximum Gasteiger partial charge on any atom is 0.191 e. The third kappa shape index (κ3) is 4.26. The third-order valence-electron chi connectivity index (χ3n) is 2.80. The molecular formula is C12H18BrN3OS. The molecule has 1 aliphatic rings. The number of halogens is 1. The number of rotatable bonds is 4. The molecule has 0 radical (unpaired) electrons. The van der Waals surface area contributed by atoms with Gasteiger partial charge in [0.2, 0.25) is 0 Å². The second-order valence-electron chi connectivity index (χ2n) is 4.17. The summed E-state index contributed by atoms with van der Waals surface area (Å²) in [7, 11) is 1.79. The van der Waals surface area contributed by atoms with Crippen molar-refractivity contribution >= 4 is 33.2 Å². The van der Waals surface area contributed by atoms with Crippen LogP contribution in [0.5, 0.6) is 0 Å². The lowest BCUT2D eigenvalue weighted by Crippen LogP contribution is -2.40. The lowest BCUT2D eigenvalue weighted by molar-refractivity contribution is 0.114. The molecule has 2 rings (SSSR count). The molecule has 0 amide bonds. The fraction of sp³-hybridized carbons (Fsp3) is 0.583. The van der Waals surface area contributed by atoms with Gasteiger partial charge >= 0.3 is 0 Å². The maximum absolute atomic E-state index is 5.56. The third-order valence-corrected chi connectivity index (χ3v) is 4.49. The Morgan fingerprint density at radius 1 is 1.61 bits per heavy atom. The van der Waals surface area contributed by atoms with Crippen molar-refractivity contribution in [1.82, 2.24) is 10.6 Å². The first-order valence-corrected chi connectivity index (χ1v) is 7.74. The van der Waals surface area contributed by atoms with Crippen LogP contribution in [0.2, 0.25) is 0 Å². The first-order valence-electron chi connectivity index (χ1n) is 6.07. The largest absolute Gasteiger partial charge is 0.376 e. The van der Waals surface area contributed by atoms with E-state index in [-0.39, 0.29) is 0 Å². The highest BCUT2D eigenvalue weighted by atomic mass is 79.9. The van der Waals surface area contributed by atoms with Crippen LogP contribution in [0.25, 0.3) is 0 Å². The Labute approximate surface area is 120 Å². The second kappa shape index (κ2) is 7.11. The molecule has 6 heteroatoms. The minimum atomic E-state index is 0.333. The van der Waals surface area contributed by atoms with Gasteiger partial charge in [0, 0.05) is 34.9 Å². The van der Waals surface area contributed by atoms with E-state index in [9.17, 15) is 0 Å². The molecule has 0 bridgehead atoms. The number of ether oxygens (including phenoxy) is 1. The van der Waals surface area contributed by atoms with Gasteiger partial charge in [0.05, 0.1) is 12.6 Å². The molecule has 1 aliphatic heterocycles. The molecule has 1 aromatic heterocycles. The molecule has 0 aromatic carbocycles. The molecular weight excluding hydrogens is 314 g/mol. The Morgan fingerprint density at radius 3 is 3.11 bits per heavy atom. The SMILES string of the molecule is CN=C(NCc1cc(Br)cs1)NCC1CCCO1. The summed E-state index contributed by atoms with van der Waals surface area (Å²) in [6.07, 6.45) is 2.64. The Kier molecular flexibility index (Phi) is 5.46. The zero-order valence-electron chi connectivity index (χ0n) is 10.4. The smallest absolute Gasteiger partial charge is 0.191 e. The molecule has 2 heterocycles. The van der Waals surface area contributed by atoms with Crippen LogP contribution in [-0.2, 0) is 11.3 Å². The van der Waals surface area contributed by atoms with Gasteiger partial charge in [0.15, 0.2) is 5.96 Å². The first-order chi connectivity index (χ1) is 8.78. The summed E-state index contributed by atoms with van der Waals surface area (Å²) in [4.78, 5) is 5.48. The van der Waals surface area contributed by atoms with Crippen LogP contribution >= 0.6 is 27.3 Å². The summed E-state index contributed by atoms with van der Waals surface area (Å²) in [5.41, 5.74) is 0. The van der Waals surface area contributed by atoms with Crippen LogP contribution in [0.1, 0.15) is 17.7 Å². The van der Waals surface area contributed by atoms with Crippen molar-refractivity contribution in [2.75, 3.05) is 20.2 Å². The average Bonchev–Trinajstić information content (AvgIpc) is 3.01. The van der Waals surface area contributed by atoms with E-state index in [1.54, 1.807) is 18.4 Å². The average molecular weight is 332 g/mol. The van der Waals surface area contributed by atoms with E-state index >= 15 is 0 Å². The standard InChI is InChI=1S/C12H18BrN3OS/c1-14-12(15-6-10-3-2-4-17-10)16-7-11-5-9(13)8-18-11/h5,8,10H,2-4,6-7H2,1H3,(H2,14,15,16). The first kappa shape index (κ1) is 13.8. The van der Waals surface area contributed by atoms with Crippen LogP contribution in [0.15, 0.2) is 20.9 Å². The minimum Gasteiger partial charge on any atom is -0.376 e. The number of nitrogens with zero attached hydrogens (tertiary/aromatic N) is 1. The van der Waals surface area contributed by atoms with Gasteiger partial charge in [0.25, 0.3) is 0 Å². The van der Waals surface area contributed by atoms with Crippen molar-refractivity contribution in [3.63, 3.8) is 0 Å². The molecule has 0 spiro atoms. The molecule has 1 unspecified atom stereocenters. The van der Waals surface area contributed by atoms with E-state index < -0.39 is 0 Å². The minimum absolute atomic E-state index is 0.333. The normalized spacial score (nSPS) is 20.1. The van der Waals surface area contributed by atoms with Crippen LogP contribution in [-0.4, -0.2) is 32.3 Å². The van der Waals surface area contributed by atoms with Crippen molar-refractivity contribution < 1.29 is 4.74 Å². The maximum atomic E-state index is 5.56. The summed E-state index contributed by atoms with van der Waals surface area (Å²) in [6.45, 7) is 2.51. The van der Waals surface area contributed by atoms with Gasteiger partial charge in [-0.3, -0.25) is 4.99 Å². The van der Waals surface area contributed by atoms with Gasteiger partial charge in [-0.1, -0.05) is 0 Å². The summed E-state index contributed by atoms with van der Waals surface area (Å²) >= 11 is 5.18. The monoisotopic (exact) mass is 331 g/mol. The van der Waals surface area contributed by atoms with Crippen molar-refractivity contribution in [1.29, 1.82) is 0 Å². The highest BCUT2D eigenvalue weighted by Crippen LogP contribution is 2.19. The number of hydrogen-bond acceptors (Lipinski definition) is 3. The Bertz CT molecular complexity index is 402. The molecule has 1 aromatic rings. The van der Waals surface area contributed by atoms with Crippen molar-refractivity contribution in [2.45, 2.75) is 25.5 Å². The second-order valence-corrected chi connectivity index (χ2v) is 6.08. The molecule has 2 N–H and O–H groups in total. The highest BCUT2D eigenvalue weighted by Gasteiger charge is 2.15. The predicted octanol–water partition coefficient (Wildman–Crippen LogP) is 2.35. The number of thiophene rings is 1. The van der Waals surface area contributed by atoms with Crippen molar-refractivity contribution in [2.24, 2.45) is 4.99 Å². The predicted molar refractivity (Wildman–Crippen MR) is 79.2 cm³/mol. The lowest BCUT2D eigenvalue weighted by atomic mass is 10.2. The number of nitrogens with one attached hydrogen (secondary N) is 2. The Morgan fingerprint density at radius 2 is 2.50 bits per heavy atom. The van der Waals surface area contributed by atoms with Gasteiger partial charge in [-0.15, -0.1) is 11.3 Å². The van der Waals surface area contributed by atoms with E-state index in [0.717, 1.165) is 36.5 Å². The molecule has 4 nitrogen and oxygen atoms in total. The molecule has 0 aliphatic carbocycles. The molecule has 100 valence electrons. The molecule has 1 fully saturated rings. The van der Waals surface area contributed by atoms with Gasteiger partial charge in [-0.25, -0.2) is 0 Å². The zero-order valence-corrected chi connectivity index (χ0v) is 12.8. The van der Waals surface area contributed by atoms with E-state index in [2.05, 4.69) is 43.0 Å². The Hall–Kier alpha value is -0.590. The van der Waals surface area contributed by atoms with Gasteiger partial charge in [-0.05, 0) is 34.8 Å². The van der Waals surface area contributed by atoms with Gasteiger partial charge < -0.3 is 15.4 Å². The van der Waals surface area contributed by atoms with Crippen LogP contribution in [0.4, 0.5) is 0 Å². The van der Waals surface area contributed by atoms with Crippen molar-refractivity contribution in [3.8, 4) is 0 Å². The summed E-state index contributed by atoms with van der Waals surface area (Å²) < 4.78 is 6.70. The van der Waals surface area contributed by atoms with E-state index in [1.807, 2.05) is 0 Å². The summed E-state index contributed by atoms with van der Waals surface area (Å²) in [6, 6.07) is 2.12. The van der Waals surface area contributed by atoms with Gasteiger partial charge in [-0.2, -0.15) is 0 Å². The highest BCUT2D eigenvalue weighted by molar-refractivity contribution is 9.10. The Balaban J connectivity index is 1.72. The number of aliphatic imine (C=N–C) groups is 1. The topological polar surface area (TPSA) is 45.7 Å². The fourth-order valence-electron chi connectivity index (χ4n) is 1.85. The molecule has 1 atom stereocenters. The van der Waals surface area contributed by atoms with Gasteiger partial charge in [0.1, 0.15) is 0 Å². The van der Waals surface area contributed by atoms with E-state index in [1.165, 1.54) is 11.3 Å². The summed E-state index contributed by atoms with van der Waals surface area (Å²) in [5, 5.41) is 8.67. The number of hydrogen-bond donors (Lipinski definition) is 2. The quantitative estimate of drug-likeness (QED) is 0.657. The van der Waals surface area contributed by atoms with Crippen LogP contribution < -0.4 is 10.6 Å². The summed E-state index contributed by atoms with van der Waals surface area (Å²) in [5.74, 6) is 0.829. The van der Waals surface area contributed by atoms with E-state index in [4.69, 9.17) is 4.74 Å². The zero-order chi connectivity index (χ0) is 12.8. The number of guanidine groups is 1. The molecule has 0 saturated carbocycles. The van der Waals surface area contributed by atoms with Crippen molar-refractivity contribution in [3.05, 3.63) is 20.8 Å². The van der Waals surface area contributed by atoms with Crippen LogP contribution in [0, 0.1) is 0 Å². The van der Waals surface area contributed by atoms with E-state index in [0.29, 0.717) is 6.10 Å². The van der Waals surface area contributed by atoms with Crippen LogP contribution in [0.3, 0.4) is 0 Å². The fourth-order valence-corrected chi connectivity index (χ4v) is 3.24. The molecule has 1 saturated heterocycles. The molecule has 18 heavy (non-hydrogen) atoms.